The van der Waals surface area contributed by atoms with Crippen molar-refractivity contribution in [2.45, 2.75) is 39.3 Å². The fraction of sp³-hybridized carbons (Fsp3) is 0.375. The third kappa shape index (κ3) is 4.71. The molecule has 4 nitrogen and oxygen atoms in total. The summed E-state index contributed by atoms with van der Waals surface area (Å²) in [5.74, 6) is 0. The second-order valence-corrected chi connectivity index (χ2v) is 7.35. The molecule has 0 aliphatic carbocycles. The quantitative estimate of drug-likeness (QED) is 0.882. The Balaban J connectivity index is 1.81. The molecule has 6 heteroatoms. The minimum Gasteiger partial charge on any atom is -0.334 e. The number of hydrogen-bond donors (Lipinski definition) is 2. The second kappa shape index (κ2) is 7.11. The maximum absolute atomic E-state index is 11.8. The van der Waals surface area contributed by atoms with Gasteiger partial charge in [0.15, 0.2) is 0 Å². The number of urea groups is 1. The fourth-order valence-electron chi connectivity index (χ4n) is 1.77. The number of benzene rings is 1. The maximum Gasteiger partial charge on any atom is 0.315 e. The van der Waals surface area contributed by atoms with Gasteiger partial charge in [0.25, 0.3) is 0 Å². The van der Waals surface area contributed by atoms with Crippen LogP contribution in [0, 0.1) is 0 Å². The van der Waals surface area contributed by atoms with Crippen LogP contribution in [0.4, 0.5) is 4.79 Å². The summed E-state index contributed by atoms with van der Waals surface area (Å²) in [6.45, 7) is 7.19. The third-order valence-corrected chi connectivity index (χ3v) is 4.34. The number of carbonyl (C=O) groups excluding carboxylic acids is 1. The van der Waals surface area contributed by atoms with Gasteiger partial charge in [0.05, 0.1) is 12.2 Å². The normalized spacial score (nSPS) is 11.3. The zero-order valence-electron chi connectivity index (χ0n) is 12.9. The molecule has 0 fully saturated rings. The van der Waals surface area contributed by atoms with Crippen LogP contribution in [0.1, 0.15) is 37.0 Å². The van der Waals surface area contributed by atoms with Crippen molar-refractivity contribution in [3.05, 3.63) is 50.9 Å². The second-order valence-electron chi connectivity index (χ2n) is 6.00. The predicted molar refractivity (Wildman–Crippen MR) is 91.3 cm³/mol. The smallest absolute Gasteiger partial charge is 0.315 e. The van der Waals surface area contributed by atoms with E-state index in [-0.39, 0.29) is 11.4 Å². The summed E-state index contributed by atoms with van der Waals surface area (Å²) >= 11 is 7.61. The highest BCUT2D eigenvalue weighted by atomic mass is 35.5. The molecule has 2 rings (SSSR count). The first-order valence-electron chi connectivity index (χ1n) is 7.06. The molecule has 0 bridgehead atoms. The van der Waals surface area contributed by atoms with Gasteiger partial charge in [-0.25, -0.2) is 9.78 Å². The summed E-state index contributed by atoms with van der Waals surface area (Å²) in [4.78, 5) is 16.4. The van der Waals surface area contributed by atoms with E-state index >= 15 is 0 Å². The zero-order valence-corrected chi connectivity index (χ0v) is 14.5. The molecule has 0 aliphatic rings. The summed E-state index contributed by atoms with van der Waals surface area (Å²) in [6.07, 6.45) is 0. The molecule has 0 unspecified atom stereocenters. The Hall–Kier alpha value is -1.59. The predicted octanol–water partition coefficient (Wildman–Crippen LogP) is 4.09. The number of hydrogen-bond acceptors (Lipinski definition) is 3. The highest BCUT2D eigenvalue weighted by Crippen LogP contribution is 2.23. The van der Waals surface area contributed by atoms with Crippen LogP contribution >= 0.6 is 22.9 Å². The molecular weight excluding hydrogens is 318 g/mol. The Morgan fingerprint density at radius 1 is 1.23 bits per heavy atom. The molecule has 0 spiro atoms. The van der Waals surface area contributed by atoms with Gasteiger partial charge < -0.3 is 10.6 Å². The van der Waals surface area contributed by atoms with Crippen LogP contribution in [0.2, 0.25) is 5.02 Å². The van der Waals surface area contributed by atoms with Gasteiger partial charge in [-0.05, 0) is 11.6 Å². The van der Waals surface area contributed by atoms with Crippen LogP contribution in [0.5, 0.6) is 0 Å². The van der Waals surface area contributed by atoms with Crippen molar-refractivity contribution in [3.8, 4) is 0 Å². The van der Waals surface area contributed by atoms with E-state index in [1.807, 2.05) is 23.6 Å². The first-order valence-corrected chi connectivity index (χ1v) is 8.32. The average Bonchev–Trinajstić information content (AvgIpc) is 2.93. The summed E-state index contributed by atoms with van der Waals surface area (Å²) in [6, 6.07) is 7.22. The number of halogens is 1. The van der Waals surface area contributed by atoms with Crippen molar-refractivity contribution in [1.29, 1.82) is 0 Å². The minimum absolute atomic E-state index is 0.0288. The number of rotatable bonds is 4. The Kier molecular flexibility index (Phi) is 5.42. The van der Waals surface area contributed by atoms with Gasteiger partial charge in [-0.2, -0.15) is 0 Å². The van der Waals surface area contributed by atoms with E-state index < -0.39 is 0 Å². The first kappa shape index (κ1) is 16.8. The molecule has 1 aromatic carbocycles. The Bertz CT molecular complexity index is 649. The molecule has 2 amide bonds. The van der Waals surface area contributed by atoms with Crippen molar-refractivity contribution in [2.24, 2.45) is 0 Å². The van der Waals surface area contributed by atoms with Crippen molar-refractivity contribution in [1.82, 2.24) is 15.6 Å². The van der Waals surface area contributed by atoms with Crippen molar-refractivity contribution in [3.63, 3.8) is 0 Å². The van der Waals surface area contributed by atoms with Crippen LogP contribution in [0.25, 0.3) is 0 Å². The molecule has 0 atom stereocenters. The molecule has 1 heterocycles. The molecule has 2 aromatic rings. The number of nitrogens with zero attached hydrogens (tertiary/aromatic N) is 1. The number of thiazole rings is 1. The van der Waals surface area contributed by atoms with Crippen LogP contribution in [-0.4, -0.2) is 11.0 Å². The number of carbonyl (C=O) groups is 1. The van der Waals surface area contributed by atoms with Crippen LogP contribution in [0.3, 0.4) is 0 Å². The monoisotopic (exact) mass is 337 g/mol. The van der Waals surface area contributed by atoms with Gasteiger partial charge in [-0.1, -0.05) is 50.6 Å². The number of aromatic nitrogens is 1. The van der Waals surface area contributed by atoms with Gasteiger partial charge in [0.2, 0.25) is 0 Å². The lowest BCUT2D eigenvalue weighted by Gasteiger charge is -2.14. The van der Waals surface area contributed by atoms with Crippen LogP contribution in [0.15, 0.2) is 29.6 Å². The zero-order chi connectivity index (χ0) is 16.2. The molecule has 0 aliphatic heterocycles. The lowest BCUT2D eigenvalue weighted by molar-refractivity contribution is 0.240. The van der Waals surface area contributed by atoms with Gasteiger partial charge in [-0.3, -0.25) is 0 Å². The maximum atomic E-state index is 11.8. The SMILES string of the molecule is CC(C)(C)c1csc(CNC(=O)NCc2ccccc2Cl)n1. The number of nitrogens with one attached hydrogen (secondary N) is 2. The van der Waals surface area contributed by atoms with E-state index in [1.54, 1.807) is 17.4 Å². The highest BCUT2D eigenvalue weighted by Gasteiger charge is 2.17. The molecule has 0 saturated carbocycles. The van der Waals surface area contributed by atoms with Crippen molar-refractivity contribution in [2.75, 3.05) is 0 Å². The minimum atomic E-state index is -0.229. The fourth-order valence-corrected chi connectivity index (χ4v) is 2.94. The summed E-state index contributed by atoms with van der Waals surface area (Å²) < 4.78 is 0. The summed E-state index contributed by atoms with van der Waals surface area (Å²) in [5, 5.41) is 9.19. The molecule has 0 saturated heterocycles. The standard InChI is InChI=1S/C16H20ClN3OS/c1-16(2,3)13-10-22-14(20-13)9-19-15(21)18-8-11-6-4-5-7-12(11)17/h4-7,10H,8-9H2,1-3H3,(H2,18,19,21). The topological polar surface area (TPSA) is 54.0 Å². The third-order valence-electron chi connectivity index (χ3n) is 3.12. The Morgan fingerprint density at radius 2 is 1.91 bits per heavy atom. The van der Waals surface area contributed by atoms with Crippen molar-refractivity contribution < 1.29 is 4.79 Å². The molecule has 1 aromatic heterocycles. The van der Waals surface area contributed by atoms with E-state index in [4.69, 9.17) is 11.6 Å². The van der Waals surface area contributed by atoms with Gasteiger partial charge in [-0.15, -0.1) is 11.3 Å². The Labute approximate surface area is 139 Å². The van der Waals surface area contributed by atoms with E-state index in [0.717, 1.165) is 16.3 Å². The van der Waals surface area contributed by atoms with E-state index in [0.29, 0.717) is 18.1 Å². The van der Waals surface area contributed by atoms with Gasteiger partial charge in [0, 0.05) is 22.4 Å². The summed E-state index contributed by atoms with van der Waals surface area (Å²) in [5.41, 5.74) is 1.97. The summed E-state index contributed by atoms with van der Waals surface area (Å²) in [7, 11) is 0. The van der Waals surface area contributed by atoms with E-state index in [1.165, 1.54) is 0 Å². The number of amides is 2. The van der Waals surface area contributed by atoms with E-state index in [2.05, 4.69) is 36.4 Å². The molecule has 22 heavy (non-hydrogen) atoms. The van der Waals surface area contributed by atoms with Crippen LogP contribution < -0.4 is 10.6 Å². The lowest BCUT2D eigenvalue weighted by Crippen LogP contribution is -2.34. The molecular formula is C16H20ClN3OS. The molecule has 118 valence electrons. The van der Waals surface area contributed by atoms with Crippen molar-refractivity contribution >= 4 is 29.0 Å². The largest absolute Gasteiger partial charge is 0.334 e. The van der Waals surface area contributed by atoms with Gasteiger partial charge in [0.1, 0.15) is 5.01 Å². The molecule has 2 N–H and O–H groups in total. The average molecular weight is 338 g/mol. The first-order chi connectivity index (χ1) is 10.4. The molecule has 0 radical (unpaired) electrons. The van der Waals surface area contributed by atoms with Gasteiger partial charge >= 0.3 is 6.03 Å². The van der Waals surface area contributed by atoms with Crippen LogP contribution in [-0.2, 0) is 18.5 Å². The highest BCUT2D eigenvalue weighted by molar-refractivity contribution is 7.09. The Morgan fingerprint density at radius 3 is 2.55 bits per heavy atom. The lowest BCUT2D eigenvalue weighted by atomic mass is 9.93. The van der Waals surface area contributed by atoms with E-state index in [9.17, 15) is 4.79 Å².